The number of nitrogens with one attached hydrogen (secondary N) is 1. The zero-order valence-electron chi connectivity index (χ0n) is 15.2. The van der Waals surface area contributed by atoms with Gasteiger partial charge in [-0.05, 0) is 44.1 Å². The van der Waals surface area contributed by atoms with E-state index in [-0.39, 0.29) is 16.8 Å². The number of carbonyl (C=O) groups is 1. The molecule has 1 unspecified atom stereocenters. The minimum atomic E-state index is -3.71. The summed E-state index contributed by atoms with van der Waals surface area (Å²) in [7, 11) is -3.71. The van der Waals surface area contributed by atoms with E-state index in [9.17, 15) is 13.2 Å². The summed E-state index contributed by atoms with van der Waals surface area (Å²) in [5.74, 6) is -0.145. The summed E-state index contributed by atoms with van der Waals surface area (Å²) in [5, 5.41) is 0. The van der Waals surface area contributed by atoms with Crippen LogP contribution in [0.3, 0.4) is 0 Å². The highest BCUT2D eigenvalue weighted by molar-refractivity contribution is 9.10. The van der Waals surface area contributed by atoms with E-state index in [1.807, 2.05) is 26.8 Å². The van der Waals surface area contributed by atoms with Gasteiger partial charge in [-0.25, -0.2) is 13.1 Å². The number of halogens is 1. The summed E-state index contributed by atoms with van der Waals surface area (Å²) >= 11 is 3.40. The van der Waals surface area contributed by atoms with Crippen molar-refractivity contribution in [2.24, 2.45) is 0 Å². The molecule has 0 bridgehead atoms. The molecule has 0 fully saturated rings. The van der Waals surface area contributed by atoms with Crippen LogP contribution >= 0.6 is 15.9 Å². The van der Waals surface area contributed by atoms with E-state index in [4.69, 9.17) is 0 Å². The lowest BCUT2D eigenvalue weighted by molar-refractivity contribution is -0.116. The predicted molar refractivity (Wildman–Crippen MR) is 103 cm³/mol. The molecule has 0 saturated carbocycles. The van der Waals surface area contributed by atoms with Gasteiger partial charge in [-0.2, -0.15) is 0 Å². The van der Waals surface area contributed by atoms with Gasteiger partial charge in [0.15, 0.2) is 0 Å². The van der Waals surface area contributed by atoms with E-state index < -0.39 is 10.0 Å². The third-order valence-electron chi connectivity index (χ3n) is 4.56. The Bertz CT molecular complexity index is 748. The average Bonchev–Trinajstić information content (AvgIpc) is 2.86. The summed E-state index contributed by atoms with van der Waals surface area (Å²) in [4.78, 5) is 16.0. The summed E-state index contributed by atoms with van der Waals surface area (Å²) in [6, 6.07) is 3.42. The van der Waals surface area contributed by atoms with Gasteiger partial charge < -0.3 is 9.80 Å². The summed E-state index contributed by atoms with van der Waals surface area (Å²) in [5.41, 5.74) is 1.39. The largest absolute Gasteiger partial charge is 0.308 e. The number of nitrogens with zero attached hydrogens (tertiary/aromatic N) is 2. The molecule has 6 nitrogen and oxygen atoms in total. The Balaban J connectivity index is 2.34. The average molecular weight is 432 g/mol. The molecule has 1 N–H and O–H groups in total. The highest BCUT2D eigenvalue weighted by Gasteiger charge is 2.35. The molecule has 1 atom stereocenters. The smallest absolute Gasteiger partial charge is 0.242 e. The molecule has 0 spiro atoms. The number of likely N-dealkylation sites (N-methyl/N-ethyl adjacent to an activating group) is 1. The van der Waals surface area contributed by atoms with Crippen LogP contribution in [0.5, 0.6) is 0 Å². The standard InChI is InChI=1S/C17H26BrN3O3S/c1-5-20(6-2)8-7-19-25(23,24)16-11-15(18)10-14-9-12(3)21(13(4)22)17(14)16/h10-12,19H,5-9H2,1-4H3. The van der Waals surface area contributed by atoms with E-state index in [1.54, 1.807) is 11.0 Å². The van der Waals surface area contributed by atoms with Crippen LogP contribution in [0.1, 0.15) is 33.3 Å². The number of amides is 1. The second-order valence-corrected chi connectivity index (χ2v) is 8.93. The third-order valence-corrected chi connectivity index (χ3v) is 6.49. The van der Waals surface area contributed by atoms with Crippen LogP contribution in [0.2, 0.25) is 0 Å². The first kappa shape index (κ1) is 20.4. The number of hydrogen-bond acceptors (Lipinski definition) is 4. The molecule has 0 aromatic heterocycles. The fraction of sp³-hybridized carbons (Fsp3) is 0.588. The molecule has 0 radical (unpaired) electrons. The van der Waals surface area contributed by atoms with Gasteiger partial charge in [0, 0.05) is 30.5 Å². The molecule has 0 aliphatic carbocycles. The van der Waals surface area contributed by atoms with Crippen molar-refractivity contribution >= 4 is 37.5 Å². The van der Waals surface area contributed by atoms with E-state index in [0.717, 1.165) is 18.7 Å². The van der Waals surface area contributed by atoms with E-state index in [1.165, 1.54) is 6.92 Å². The fourth-order valence-electron chi connectivity index (χ4n) is 3.32. The summed E-state index contributed by atoms with van der Waals surface area (Å²) < 4.78 is 29.2. The first-order valence-corrected chi connectivity index (χ1v) is 10.8. The second-order valence-electron chi connectivity index (χ2n) is 6.28. The number of fused-ring (bicyclic) bond motifs is 1. The van der Waals surface area contributed by atoms with Gasteiger partial charge in [-0.15, -0.1) is 0 Å². The number of carbonyl (C=O) groups excluding carboxylic acids is 1. The van der Waals surface area contributed by atoms with Crippen molar-refractivity contribution in [3.63, 3.8) is 0 Å². The van der Waals surface area contributed by atoms with Crippen molar-refractivity contribution in [1.82, 2.24) is 9.62 Å². The Morgan fingerprint density at radius 3 is 2.56 bits per heavy atom. The van der Waals surface area contributed by atoms with Gasteiger partial charge in [0.1, 0.15) is 4.90 Å². The Morgan fingerprint density at radius 2 is 2.00 bits per heavy atom. The predicted octanol–water partition coefficient (Wildman–Crippen LogP) is 2.37. The van der Waals surface area contributed by atoms with E-state index in [0.29, 0.717) is 29.7 Å². The van der Waals surface area contributed by atoms with Crippen LogP contribution in [0, 0.1) is 0 Å². The maximum atomic E-state index is 12.9. The van der Waals surface area contributed by atoms with Gasteiger partial charge in [-0.3, -0.25) is 4.79 Å². The first-order chi connectivity index (χ1) is 11.7. The molecule has 25 heavy (non-hydrogen) atoms. The SMILES string of the molecule is CCN(CC)CCNS(=O)(=O)c1cc(Br)cc2c1N(C(C)=O)C(C)C2. The van der Waals surface area contributed by atoms with Gasteiger partial charge in [0.05, 0.1) is 5.69 Å². The lowest BCUT2D eigenvalue weighted by Crippen LogP contribution is -2.37. The van der Waals surface area contributed by atoms with Crippen LogP contribution in [-0.2, 0) is 21.2 Å². The third kappa shape index (κ3) is 4.42. The quantitative estimate of drug-likeness (QED) is 0.719. The number of benzene rings is 1. The minimum absolute atomic E-state index is 0.0496. The molecule has 140 valence electrons. The molecule has 1 aromatic carbocycles. The van der Waals surface area contributed by atoms with Crippen molar-refractivity contribution in [2.45, 2.75) is 45.1 Å². The molecule has 1 heterocycles. The van der Waals surface area contributed by atoms with Gasteiger partial charge in [0.2, 0.25) is 15.9 Å². The highest BCUT2D eigenvalue weighted by Crippen LogP contribution is 2.39. The van der Waals surface area contributed by atoms with Crippen LogP contribution in [0.25, 0.3) is 0 Å². The van der Waals surface area contributed by atoms with Gasteiger partial charge in [-0.1, -0.05) is 29.8 Å². The molecule has 0 saturated heterocycles. The normalized spacial score (nSPS) is 17.2. The van der Waals surface area contributed by atoms with Crippen molar-refractivity contribution in [2.75, 3.05) is 31.1 Å². The summed E-state index contributed by atoms with van der Waals surface area (Å²) in [6.07, 6.45) is 0.649. The van der Waals surface area contributed by atoms with Gasteiger partial charge in [0.25, 0.3) is 0 Å². The zero-order valence-corrected chi connectivity index (χ0v) is 17.6. The summed E-state index contributed by atoms with van der Waals surface area (Å²) in [6.45, 7) is 10.2. The van der Waals surface area contributed by atoms with Crippen molar-refractivity contribution < 1.29 is 13.2 Å². The number of anilines is 1. The first-order valence-electron chi connectivity index (χ1n) is 8.55. The van der Waals surface area contributed by atoms with Crippen LogP contribution in [-0.4, -0.2) is 51.4 Å². The zero-order chi connectivity index (χ0) is 18.8. The number of rotatable bonds is 7. The Morgan fingerprint density at radius 1 is 1.36 bits per heavy atom. The molecule has 8 heteroatoms. The van der Waals surface area contributed by atoms with Crippen molar-refractivity contribution in [3.8, 4) is 0 Å². The van der Waals surface area contributed by atoms with Crippen LogP contribution in [0.4, 0.5) is 5.69 Å². The van der Waals surface area contributed by atoms with Crippen LogP contribution < -0.4 is 9.62 Å². The number of sulfonamides is 1. The molecule has 1 aliphatic rings. The maximum absolute atomic E-state index is 12.9. The Hall–Kier alpha value is -0.960. The molecular formula is C17H26BrN3O3S. The molecule has 1 aromatic rings. The monoisotopic (exact) mass is 431 g/mol. The second kappa shape index (κ2) is 8.16. The lowest BCUT2D eigenvalue weighted by Gasteiger charge is -2.23. The van der Waals surface area contributed by atoms with E-state index >= 15 is 0 Å². The van der Waals surface area contributed by atoms with E-state index in [2.05, 4.69) is 25.6 Å². The minimum Gasteiger partial charge on any atom is -0.308 e. The fourth-order valence-corrected chi connectivity index (χ4v) is 5.25. The molecular weight excluding hydrogens is 406 g/mol. The molecule has 2 rings (SSSR count). The number of hydrogen-bond donors (Lipinski definition) is 1. The highest BCUT2D eigenvalue weighted by atomic mass is 79.9. The lowest BCUT2D eigenvalue weighted by atomic mass is 10.1. The molecule has 1 aliphatic heterocycles. The Labute approximate surface area is 158 Å². The Kier molecular flexibility index (Phi) is 6.64. The van der Waals surface area contributed by atoms with Gasteiger partial charge >= 0.3 is 0 Å². The topological polar surface area (TPSA) is 69.7 Å². The van der Waals surface area contributed by atoms with Crippen molar-refractivity contribution in [3.05, 3.63) is 22.2 Å². The maximum Gasteiger partial charge on any atom is 0.242 e. The van der Waals surface area contributed by atoms with Crippen molar-refractivity contribution in [1.29, 1.82) is 0 Å². The molecule has 1 amide bonds. The van der Waals surface area contributed by atoms with Crippen LogP contribution in [0.15, 0.2) is 21.5 Å².